The van der Waals surface area contributed by atoms with Crippen molar-refractivity contribution in [1.82, 2.24) is 5.32 Å². The minimum absolute atomic E-state index is 0.0181. The van der Waals surface area contributed by atoms with Crippen molar-refractivity contribution in [2.45, 2.75) is 19.4 Å². The molecule has 0 bridgehead atoms. The lowest BCUT2D eigenvalue weighted by molar-refractivity contribution is 0.738. The van der Waals surface area contributed by atoms with Gasteiger partial charge in [-0.3, -0.25) is 0 Å². The van der Waals surface area contributed by atoms with E-state index in [1.54, 1.807) is 6.07 Å². The van der Waals surface area contributed by atoms with Crippen LogP contribution < -0.4 is 10.6 Å². The third-order valence-electron chi connectivity index (χ3n) is 4.20. The quantitative estimate of drug-likeness (QED) is 0.659. The first-order chi connectivity index (χ1) is 11.5. The van der Waals surface area contributed by atoms with Crippen LogP contribution in [0.1, 0.15) is 30.5 Å². The monoisotopic (exact) mass is 380 g/mol. The van der Waals surface area contributed by atoms with Crippen LogP contribution in [-0.4, -0.2) is 13.1 Å². The van der Waals surface area contributed by atoms with Crippen LogP contribution in [0.15, 0.2) is 42.5 Å². The first-order valence-electron chi connectivity index (χ1n) is 7.96. The Morgan fingerprint density at radius 3 is 2.58 bits per heavy atom. The fourth-order valence-electron chi connectivity index (χ4n) is 2.88. The van der Waals surface area contributed by atoms with Crippen LogP contribution in [-0.2, 0) is 0 Å². The Hall–Kier alpha value is -1.19. The zero-order chi connectivity index (χ0) is 17.1. The minimum Gasteiger partial charge on any atom is -0.377 e. The molecule has 24 heavy (non-hydrogen) atoms. The number of halogens is 3. The third-order valence-corrected chi connectivity index (χ3v) is 5.09. The Morgan fingerprint density at radius 1 is 1.04 bits per heavy atom. The van der Waals surface area contributed by atoms with Crippen molar-refractivity contribution >= 4 is 46.1 Å². The lowest BCUT2D eigenvalue weighted by atomic mass is 9.99. The average Bonchev–Trinajstić information content (AvgIpc) is 2.57. The van der Waals surface area contributed by atoms with Crippen LogP contribution in [0.4, 0.5) is 5.69 Å². The molecular weight excluding hydrogens is 363 g/mol. The first kappa shape index (κ1) is 17.6. The van der Waals surface area contributed by atoms with E-state index in [1.807, 2.05) is 18.2 Å². The molecule has 1 unspecified atom stereocenters. The van der Waals surface area contributed by atoms with Crippen molar-refractivity contribution in [3.05, 3.63) is 68.7 Å². The number of anilines is 1. The molecular formula is C19H19Cl3N2. The highest BCUT2D eigenvalue weighted by molar-refractivity contribution is 6.35. The maximum atomic E-state index is 6.38. The third kappa shape index (κ3) is 4.07. The van der Waals surface area contributed by atoms with Crippen LogP contribution in [0.2, 0.25) is 15.1 Å². The van der Waals surface area contributed by atoms with Crippen molar-refractivity contribution in [2.24, 2.45) is 0 Å². The smallest absolute Gasteiger partial charge is 0.0638 e. The van der Waals surface area contributed by atoms with Gasteiger partial charge in [0, 0.05) is 16.6 Å². The summed E-state index contributed by atoms with van der Waals surface area (Å²) in [6.07, 6.45) is 3.26. The van der Waals surface area contributed by atoms with E-state index >= 15 is 0 Å². The normalized spacial score (nSPS) is 15.8. The summed E-state index contributed by atoms with van der Waals surface area (Å²) in [5.41, 5.74) is 4.46. The fraction of sp³-hybridized carbons (Fsp3) is 0.263. The molecule has 0 amide bonds. The van der Waals surface area contributed by atoms with Gasteiger partial charge in [0.05, 0.1) is 16.8 Å². The minimum atomic E-state index is 0.0181. The van der Waals surface area contributed by atoms with Crippen molar-refractivity contribution in [3.8, 4) is 0 Å². The molecule has 2 aromatic carbocycles. The molecule has 1 aliphatic rings. The Labute approximate surface area is 157 Å². The molecule has 2 nitrogen and oxygen atoms in total. The number of benzene rings is 2. The lowest BCUT2D eigenvalue weighted by Gasteiger charge is -2.20. The largest absolute Gasteiger partial charge is 0.377 e. The van der Waals surface area contributed by atoms with Gasteiger partial charge in [-0.25, -0.2) is 0 Å². The van der Waals surface area contributed by atoms with E-state index in [0.717, 1.165) is 30.8 Å². The molecule has 2 aromatic rings. The van der Waals surface area contributed by atoms with Gasteiger partial charge in [-0.2, -0.15) is 0 Å². The molecule has 2 N–H and O–H groups in total. The van der Waals surface area contributed by atoms with Gasteiger partial charge in [-0.05, 0) is 60.9 Å². The van der Waals surface area contributed by atoms with Gasteiger partial charge < -0.3 is 10.6 Å². The maximum Gasteiger partial charge on any atom is 0.0638 e. The van der Waals surface area contributed by atoms with Crippen molar-refractivity contribution < 1.29 is 0 Å². The zero-order valence-corrected chi connectivity index (χ0v) is 15.6. The standard InChI is InChI=1S/C19H19Cl3N2/c1-12(16-4-3-15(20)11-18(16)22)24-19-10-14(2-5-17(19)21)13-6-8-23-9-7-13/h2-6,10-12,23-24H,7-9H2,1H3. The van der Waals surface area contributed by atoms with Crippen LogP contribution in [0, 0.1) is 0 Å². The summed E-state index contributed by atoms with van der Waals surface area (Å²) < 4.78 is 0. The van der Waals surface area contributed by atoms with E-state index in [1.165, 1.54) is 11.1 Å². The highest BCUT2D eigenvalue weighted by Gasteiger charge is 2.13. The molecule has 0 aromatic heterocycles. The molecule has 3 rings (SSSR count). The van der Waals surface area contributed by atoms with Crippen molar-refractivity contribution in [2.75, 3.05) is 18.4 Å². The van der Waals surface area contributed by atoms with Gasteiger partial charge in [-0.1, -0.05) is 53.0 Å². The number of rotatable bonds is 4. The van der Waals surface area contributed by atoms with Crippen molar-refractivity contribution in [1.29, 1.82) is 0 Å². The highest BCUT2D eigenvalue weighted by atomic mass is 35.5. The second-order valence-corrected chi connectivity index (χ2v) is 7.16. The Morgan fingerprint density at radius 2 is 1.88 bits per heavy atom. The average molecular weight is 382 g/mol. The van der Waals surface area contributed by atoms with E-state index < -0.39 is 0 Å². The number of nitrogens with one attached hydrogen (secondary N) is 2. The van der Waals surface area contributed by atoms with E-state index in [4.69, 9.17) is 34.8 Å². The maximum absolute atomic E-state index is 6.38. The molecule has 0 saturated carbocycles. The Kier molecular flexibility index (Phi) is 5.72. The molecule has 0 spiro atoms. The molecule has 1 heterocycles. The topological polar surface area (TPSA) is 24.1 Å². The van der Waals surface area contributed by atoms with Crippen LogP contribution in [0.5, 0.6) is 0 Å². The highest BCUT2D eigenvalue weighted by Crippen LogP contribution is 2.33. The predicted molar refractivity (Wildman–Crippen MR) is 105 cm³/mol. The van der Waals surface area contributed by atoms with E-state index in [9.17, 15) is 0 Å². The molecule has 1 aliphatic heterocycles. The van der Waals surface area contributed by atoms with Gasteiger partial charge in [0.15, 0.2) is 0 Å². The Bertz CT molecular complexity index is 771. The Balaban J connectivity index is 1.84. The second-order valence-electron chi connectivity index (χ2n) is 5.91. The van der Waals surface area contributed by atoms with E-state index in [0.29, 0.717) is 15.1 Å². The van der Waals surface area contributed by atoms with Gasteiger partial charge in [-0.15, -0.1) is 0 Å². The SMILES string of the molecule is CC(Nc1cc(C2=CCNCC2)ccc1Cl)c1ccc(Cl)cc1Cl. The summed E-state index contributed by atoms with van der Waals surface area (Å²) >= 11 is 18.7. The van der Waals surface area contributed by atoms with Crippen LogP contribution in [0.3, 0.4) is 0 Å². The molecule has 0 radical (unpaired) electrons. The van der Waals surface area contributed by atoms with Crippen LogP contribution >= 0.6 is 34.8 Å². The number of hydrogen-bond donors (Lipinski definition) is 2. The van der Waals surface area contributed by atoms with Gasteiger partial charge in [0.25, 0.3) is 0 Å². The van der Waals surface area contributed by atoms with Gasteiger partial charge >= 0.3 is 0 Å². The molecule has 0 aliphatic carbocycles. The fourth-order valence-corrected chi connectivity index (χ4v) is 3.63. The van der Waals surface area contributed by atoms with Crippen molar-refractivity contribution in [3.63, 3.8) is 0 Å². The summed E-state index contributed by atoms with van der Waals surface area (Å²) in [5.74, 6) is 0. The molecule has 5 heteroatoms. The van der Waals surface area contributed by atoms with Crippen LogP contribution in [0.25, 0.3) is 5.57 Å². The molecule has 0 saturated heterocycles. The predicted octanol–water partition coefficient (Wildman–Crippen LogP) is 6.20. The lowest BCUT2D eigenvalue weighted by Crippen LogP contribution is -2.20. The molecule has 0 fully saturated rings. The summed E-state index contributed by atoms with van der Waals surface area (Å²) in [4.78, 5) is 0. The molecule has 126 valence electrons. The first-order valence-corrected chi connectivity index (χ1v) is 9.09. The summed E-state index contributed by atoms with van der Waals surface area (Å²) in [7, 11) is 0. The van der Waals surface area contributed by atoms with Gasteiger partial charge in [0.1, 0.15) is 0 Å². The summed E-state index contributed by atoms with van der Waals surface area (Å²) in [6, 6.07) is 11.7. The second kappa shape index (κ2) is 7.79. The summed E-state index contributed by atoms with van der Waals surface area (Å²) in [5, 5.41) is 8.78. The zero-order valence-electron chi connectivity index (χ0n) is 13.4. The number of hydrogen-bond acceptors (Lipinski definition) is 2. The van der Waals surface area contributed by atoms with E-state index in [2.05, 4.69) is 35.8 Å². The van der Waals surface area contributed by atoms with E-state index in [-0.39, 0.29) is 6.04 Å². The molecule has 1 atom stereocenters. The summed E-state index contributed by atoms with van der Waals surface area (Å²) in [6.45, 7) is 3.98. The van der Waals surface area contributed by atoms with Gasteiger partial charge in [0.2, 0.25) is 0 Å².